The first-order valence-electron chi connectivity index (χ1n) is 7.81. The van der Waals surface area contributed by atoms with Crippen molar-refractivity contribution in [3.8, 4) is 17.3 Å². The molecule has 3 rings (SSSR count). The molecule has 0 saturated carbocycles. The SMILES string of the molecule is Cc1ccc(F)c(N/C=C(/C#N)c2nc(-c3cccc([N+](=O)[O-])c3)cs2)c1. The van der Waals surface area contributed by atoms with Gasteiger partial charge in [-0.3, -0.25) is 10.1 Å². The Morgan fingerprint density at radius 1 is 1.37 bits per heavy atom. The van der Waals surface area contributed by atoms with Gasteiger partial charge in [0.15, 0.2) is 0 Å². The first-order valence-corrected chi connectivity index (χ1v) is 8.69. The number of halogens is 1. The quantitative estimate of drug-likeness (QED) is 0.376. The van der Waals surface area contributed by atoms with Gasteiger partial charge >= 0.3 is 0 Å². The van der Waals surface area contributed by atoms with Gasteiger partial charge in [0.2, 0.25) is 0 Å². The molecule has 27 heavy (non-hydrogen) atoms. The molecule has 0 spiro atoms. The van der Waals surface area contributed by atoms with Crippen LogP contribution in [0.2, 0.25) is 0 Å². The summed E-state index contributed by atoms with van der Waals surface area (Å²) in [6, 6.07) is 12.8. The summed E-state index contributed by atoms with van der Waals surface area (Å²) in [5.41, 5.74) is 2.46. The number of rotatable bonds is 5. The van der Waals surface area contributed by atoms with Crippen molar-refractivity contribution in [1.82, 2.24) is 4.98 Å². The average molecular weight is 380 g/mol. The van der Waals surface area contributed by atoms with Gasteiger partial charge in [-0.05, 0) is 24.6 Å². The molecule has 0 atom stereocenters. The lowest BCUT2D eigenvalue weighted by Gasteiger charge is -2.04. The third kappa shape index (κ3) is 4.16. The van der Waals surface area contributed by atoms with Crippen LogP contribution in [-0.4, -0.2) is 9.91 Å². The highest BCUT2D eigenvalue weighted by molar-refractivity contribution is 7.11. The van der Waals surface area contributed by atoms with Crippen LogP contribution in [0, 0.1) is 34.2 Å². The molecule has 0 saturated heterocycles. The van der Waals surface area contributed by atoms with Gasteiger partial charge in [-0.1, -0.05) is 18.2 Å². The molecule has 8 heteroatoms. The summed E-state index contributed by atoms with van der Waals surface area (Å²) >= 11 is 1.23. The summed E-state index contributed by atoms with van der Waals surface area (Å²) < 4.78 is 13.8. The van der Waals surface area contributed by atoms with Crippen molar-refractivity contribution < 1.29 is 9.31 Å². The van der Waals surface area contributed by atoms with Gasteiger partial charge < -0.3 is 5.32 Å². The summed E-state index contributed by atoms with van der Waals surface area (Å²) in [6.07, 6.45) is 1.40. The maximum absolute atomic E-state index is 13.8. The number of nitrogens with zero attached hydrogens (tertiary/aromatic N) is 3. The van der Waals surface area contributed by atoms with Crippen LogP contribution in [0.25, 0.3) is 16.8 Å². The molecule has 0 radical (unpaired) electrons. The van der Waals surface area contributed by atoms with E-state index in [0.29, 0.717) is 16.3 Å². The highest BCUT2D eigenvalue weighted by Crippen LogP contribution is 2.28. The minimum absolute atomic E-state index is 0.0327. The molecule has 0 fully saturated rings. The van der Waals surface area contributed by atoms with Crippen molar-refractivity contribution in [2.45, 2.75) is 6.92 Å². The summed E-state index contributed by atoms with van der Waals surface area (Å²) in [7, 11) is 0. The van der Waals surface area contributed by atoms with E-state index >= 15 is 0 Å². The van der Waals surface area contributed by atoms with Crippen LogP contribution in [-0.2, 0) is 0 Å². The largest absolute Gasteiger partial charge is 0.358 e. The van der Waals surface area contributed by atoms with E-state index in [1.165, 1.54) is 35.7 Å². The number of nitriles is 1. The van der Waals surface area contributed by atoms with E-state index in [4.69, 9.17) is 0 Å². The van der Waals surface area contributed by atoms with E-state index in [0.717, 1.165) is 5.56 Å². The molecule has 0 bridgehead atoms. The van der Waals surface area contributed by atoms with Crippen molar-refractivity contribution in [2.24, 2.45) is 0 Å². The zero-order valence-electron chi connectivity index (χ0n) is 14.1. The molecule has 0 aliphatic carbocycles. The number of nitro benzene ring substituents is 1. The number of benzene rings is 2. The van der Waals surface area contributed by atoms with Gasteiger partial charge in [0.1, 0.15) is 22.5 Å². The lowest BCUT2D eigenvalue weighted by molar-refractivity contribution is -0.384. The molecule has 0 amide bonds. The molecular formula is C19H13FN4O2S. The van der Waals surface area contributed by atoms with Gasteiger partial charge in [-0.15, -0.1) is 11.3 Å². The van der Waals surface area contributed by atoms with Crippen LogP contribution >= 0.6 is 11.3 Å². The second-order valence-corrected chi connectivity index (χ2v) is 6.50. The lowest BCUT2D eigenvalue weighted by atomic mass is 10.1. The van der Waals surface area contributed by atoms with E-state index in [-0.39, 0.29) is 16.9 Å². The second-order valence-electron chi connectivity index (χ2n) is 5.64. The number of allylic oxidation sites excluding steroid dienone is 1. The Labute approximate surface area is 158 Å². The fraction of sp³-hybridized carbons (Fsp3) is 0.0526. The van der Waals surface area contributed by atoms with Gasteiger partial charge in [0.05, 0.1) is 16.3 Å². The number of nitrogens with one attached hydrogen (secondary N) is 1. The molecule has 1 N–H and O–H groups in total. The highest BCUT2D eigenvalue weighted by atomic mass is 32.1. The van der Waals surface area contributed by atoms with E-state index in [1.54, 1.807) is 29.6 Å². The van der Waals surface area contributed by atoms with Crippen molar-refractivity contribution in [1.29, 1.82) is 5.26 Å². The zero-order valence-corrected chi connectivity index (χ0v) is 15.0. The minimum atomic E-state index is -0.474. The smallest absolute Gasteiger partial charge is 0.270 e. The number of nitro groups is 1. The van der Waals surface area contributed by atoms with Crippen LogP contribution in [0.1, 0.15) is 10.6 Å². The van der Waals surface area contributed by atoms with Crippen molar-refractivity contribution in [3.05, 3.63) is 80.5 Å². The number of hydrogen-bond donors (Lipinski definition) is 1. The van der Waals surface area contributed by atoms with E-state index in [9.17, 15) is 19.8 Å². The first kappa shape index (κ1) is 18.2. The Morgan fingerprint density at radius 2 is 2.19 bits per heavy atom. The average Bonchev–Trinajstić information content (AvgIpc) is 3.15. The summed E-state index contributed by atoms with van der Waals surface area (Å²) in [6.45, 7) is 1.84. The fourth-order valence-electron chi connectivity index (χ4n) is 2.35. The van der Waals surface area contributed by atoms with Crippen LogP contribution in [0.4, 0.5) is 15.8 Å². The van der Waals surface area contributed by atoms with Gasteiger partial charge in [-0.2, -0.15) is 5.26 Å². The molecule has 0 unspecified atom stereocenters. The predicted octanol–water partition coefficient (Wildman–Crippen LogP) is 5.14. The van der Waals surface area contributed by atoms with Gasteiger partial charge in [0.25, 0.3) is 5.69 Å². The first-order chi connectivity index (χ1) is 13.0. The van der Waals surface area contributed by atoms with Gasteiger partial charge in [-0.25, -0.2) is 9.37 Å². The highest BCUT2D eigenvalue weighted by Gasteiger charge is 2.12. The van der Waals surface area contributed by atoms with Crippen LogP contribution in [0.15, 0.2) is 54.0 Å². The molecule has 2 aromatic carbocycles. The number of anilines is 1. The molecule has 1 aromatic heterocycles. The van der Waals surface area contributed by atoms with Gasteiger partial charge in [0, 0.05) is 29.3 Å². The monoisotopic (exact) mass is 380 g/mol. The van der Waals surface area contributed by atoms with Crippen molar-refractivity contribution in [3.63, 3.8) is 0 Å². The van der Waals surface area contributed by atoms with Crippen LogP contribution < -0.4 is 5.32 Å². The molecule has 6 nitrogen and oxygen atoms in total. The summed E-state index contributed by atoms with van der Waals surface area (Å²) in [5.74, 6) is -0.425. The number of hydrogen-bond acceptors (Lipinski definition) is 6. The molecule has 0 aliphatic heterocycles. The van der Waals surface area contributed by atoms with Crippen molar-refractivity contribution >= 4 is 28.3 Å². The summed E-state index contributed by atoms with van der Waals surface area (Å²) in [4.78, 5) is 14.8. The molecule has 1 heterocycles. The van der Waals surface area contributed by atoms with Crippen LogP contribution in [0.3, 0.4) is 0 Å². The molecule has 3 aromatic rings. The number of aryl methyl sites for hydroxylation is 1. The predicted molar refractivity (Wildman–Crippen MR) is 103 cm³/mol. The normalized spacial score (nSPS) is 11.1. The second kappa shape index (κ2) is 7.76. The van der Waals surface area contributed by atoms with E-state index in [2.05, 4.69) is 10.3 Å². The number of thiazole rings is 1. The Balaban J connectivity index is 1.87. The Morgan fingerprint density at radius 3 is 2.93 bits per heavy atom. The molecular weight excluding hydrogens is 367 g/mol. The standard InChI is InChI=1S/C19H13FN4O2S/c1-12-5-6-16(20)17(7-12)22-10-14(9-21)19-23-18(11-27-19)13-3-2-4-15(8-13)24(25)26/h2-8,10-11,22H,1H3/b14-10-. The zero-order chi connectivity index (χ0) is 19.4. The van der Waals surface area contributed by atoms with E-state index in [1.807, 2.05) is 13.0 Å². The minimum Gasteiger partial charge on any atom is -0.358 e. The maximum atomic E-state index is 13.8. The maximum Gasteiger partial charge on any atom is 0.270 e. The Bertz CT molecular complexity index is 1090. The Hall–Kier alpha value is -3.57. The molecule has 134 valence electrons. The lowest BCUT2D eigenvalue weighted by Crippen LogP contribution is -1.94. The fourth-order valence-corrected chi connectivity index (χ4v) is 3.14. The number of aromatic nitrogens is 1. The third-order valence-corrected chi connectivity index (χ3v) is 4.58. The summed E-state index contributed by atoms with van der Waals surface area (Å²) in [5, 5.41) is 25.3. The van der Waals surface area contributed by atoms with E-state index < -0.39 is 10.7 Å². The number of non-ortho nitro benzene ring substituents is 1. The van der Waals surface area contributed by atoms with Crippen LogP contribution in [0.5, 0.6) is 0 Å². The third-order valence-electron chi connectivity index (χ3n) is 3.70. The topological polar surface area (TPSA) is 91.8 Å². The van der Waals surface area contributed by atoms with Crippen molar-refractivity contribution in [2.75, 3.05) is 5.32 Å². The Kier molecular flexibility index (Phi) is 5.24. The molecule has 0 aliphatic rings.